The standard InChI is InChI=1S/C15H17BO4/c1-14(2)15(3,4)20-16(19-14)11-6-7-12-10(9-11)5-8-13(17)18-12/h5-9H,1-4H3. The molecule has 0 bridgehead atoms. The van der Waals surface area contributed by atoms with Crippen molar-refractivity contribution < 1.29 is 13.7 Å². The van der Waals surface area contributed by atoms with E-state index in [1.807, 2.05) is 39.8 Å². The van der Waals surface area contributed by atoms with Crippen LogP contribution in [-0.2, 0) is 9.31 Å². The lowest BCUT2D eigenvalue weighted by Crippen LogP contribution is -2.41. The summed E-state index contributed by atoms with van der Waals surface area (Å²) in [6, 6.07) is 8.73. The maximum atomic E-state index is 11.2. The van der Waals surface area contributed by atoms with Crippen molar-refractivity contribution in [1.29, 1.82) is 0 Å². The van der Waals surface area contributed by atoms with E-state index in [4.69, 9.17) is 13.7 Å². The van der Waals surface area contributed by atoms with E-state index in [-0.39, 0.29) is 16.8 Å². The van der Waals surface area contributed by atoms with Crippen molar-refractivity contribution in [2.45, 2.75) is 38.9 Å². The van der Waals surface area contributed by atoms with Crippen LogP contribution in [0.5, 0.6) is 0 Å². The van der Waals surface area contributed by atoms with Gasteiger partial charge in [0, 0.05) is 11.5 Å². The molecule has 0 unspecified atom stereocenters. The molecule has 1 aliphatic heterocycles. The Hall–Kier alpha value is -1.59. The molecule has 0 radical (unpaired) electrons. The zero-order valence-electron chi connectivity index (χ0n) is 12.1. The number of benzene rings is 1. The highest BCUT2D eigenvalue weighted by Gasteiger charge is 2.51. The van der Waals surface area contributed by atoms with Crippen LogP contribution in [0.4, 0.5) is 0 Å². The SMILES string of the molecule is CC1(C)OB(c2ccc3oc(=O)ccc3c2)OC1(C)C. The average Bonchev–Trinajstić information content (AvgIpc) is 2.58. The Morgan fingerprint density at radius 1 is 0.950 bits per heavy atom. The van der Waals surface area contributed by atoms with Crippen molar-refractivity contribution >= 4 is 23.6 Å². The number of hydrogen-bond donors (Lipinski definition) is 0. The summed E-state index contributed by atoms with van der Waals surface area (Å²) in [4.78, 5) is 11.2. The molecule has 1 aliphatic rings. The molecule has 0 saturated carbocycles. The molecule has 5 heteroatoms. The van der Waals surface area contributed by atoms with Gasteiger partial charge in [-0.15, -0.1) is 0 Å². The molecule has 2 aromatic rings. The molecule has 0 aliphatic carbocycles. The highest BCUT2D eigenvalue weighted by Crippen LogP contribution is 2.36. The summed E-state index contributed by atoms with van der Waals surface area (Å²) >= 11 is 0. The number of rotatable bonds is 1. The van der Waals surface area contributed by atoms with Gasteiger partial charge in [0.15, 0.2) is 0 Å². The van der Waals surface area contributed by atoms with Crippen molar-refractivity contribution in [1.82, 2.24) is 0 Å². The summed E-state index contributed by atoms with van der Waals surface area (Å²) < 4.78 is 17.1. The van der Waals surface area contributed by atoms with Gasteiger partial charge in [0.2, 0.25) is 0 Å². The third kappa shape index (κ3) is 2.07. The molecule has 0 spiro atoms. The average molecular weight is 272 g/mol. The molecule has 3 rings (SSSR count). The van der Waals surface area contributed by atoms with Gasteiger partial charge >= 0.3 is 12.7 Å². The second kappa shape index (κ2) is 4.20. The lowest BCUT2D eigenvalue weighted by atomic mass is 9.78. The zero-order valence-corrected chi connectivity index (χ0v) is 12.1. The van der Waals surface area contributed by atoms with E-state index >= 15 is 0 Å². The normalized spacial score (nSPS) is 20.5. The van der Waals surface area contributed by atoms with E-state index < -0.39 is 7.12 Å². The second-order valence-electron chi connectivity index (χ2n) is 6.14. The minimum Gasteiger partial charge on any atom is -0.423 e. The van der Waals surface area contributed by atoms with Crippen LogP contribution in [0.15, 0.2) is 39.5 Å². The Morgan fingerprint density at radius 3 is 2.25 bits per heavy atom. The molecule has 1 saturated heterocycles. The van der Waals surface area contributed by atoms with Crippen LogP contribution in [0, 0.1) is 0 Å². The van der Waals surface area contributed by atoms with Gasteiger partial charge in [0.1, 0.15) is 5.58 Å². The predicted octanol–water partition coefficient (Wildman–Crippen LogP) is 2.09. The van der Waals surface area contributed by atoms with Gasteiger partial charge in [-0.25, -0.2) is 4.79 Å². The van der Waals surface area contributed by atoms with Gasteiger partial charge < -0.3 is 13.7 Å². The Balaban J connectivity index is 2.00. The zero-order chi connectivity index (χ0) is 14.5. The third-order valence-electron chi connectivity index (χ3n) is 4.17. The van der Waals surface area contributed by atoms with Gasteiger partial charge in [-0.3, -0.25) is 0 Å². The fourth-order valence-corrected chi connectivity index (χ4v) is 2.22. The van der Waals surface area contributed by atoms with Crippen molar-refractivity contribution in [3.05, 3.63) is 40.8 Å². The third-order valence-corrected chi connectivity index (χ3v) is 4.17. The lowest BCUT2D eigenvalue weighted by Gasteiger charge is -2.32. The smallest absolute Gasteiger partial charge is 0.423 e. The van der Waals surface area contributed by atoms with E-state index in [0.717, 1.165) is 10.8 Å². The van der Waals surface area contributed by atoms with E-state index in [1.54, 1.807) is 12.1 Å². The first kappa shape index (κ1) is 13.4. The minimum absolute atomic E-state index is 0.346. The van der Waals surface area contributed by atoms with Crippen LogP contribution in [0.25, 0.3) is 11.0 Å². The molecule has 0 atom stereocenters. The van der Waals surface area contributed by atoms with Crippen molar-refractivity contribution in [2.24, 2.45) is 0 Å². The van der Waals surface area contributed by atoms with Crippen molar-refractivity contribution in [3.63, 3.8) is 0 Å². The van der Waals surface area contributed by atoms with Gasteiger partial charge in [0.05, 0.1) is 11.2 Å². The Bertz CT molecular complexity index is 701. The maximum Gasteiger partial charge on any atom is 0.494 e. The summed E-state index contributed by atoms with van der Waals surface area (Å²) in [5, 5.41) is 0.858. The summed E-state index contributed by atoms with van der Waals surface area (Å²) in [6.07, 6.45) is 0. The fraction of sp³-hybridized carbons (Fsp3) is 0.400. The van der Waals surface area contributed by atoms with Crippen LogP contribution < -0.4 is 11.1 Å². The van der Waals surface area contributed by atoms with Crippen molar-refractivity contribution in [3.8, 4) is 0 Å². The van der Waals surface area contributed by atoms with Crippen LogP contribution in [0.3, 0.4) is 0 Å². The number of fused-ring (bicyclic) bond motifs is 1. The molecule has 1 aromatic heterocycles. The van der Waals surface area contributed by atoms with E-state index in [2.05, 4.69) is 0 Å². The highest BCUT2D eigenvalue weighted by molar-refractivity contribution is 6.62. The van der Waals surface area contributed by atoms with Crippen LogP contribution in [-0.4, -0.2) is 18.3 Å². The first-order chi connectivity index (χ1) is 9.28. The quantitative estimate of drug-likeness (QED) is 0.589. The molecular formula is C15H17BO4. The van der Waals surface area contributed by atoms with Crippen LogP contribution in [0.2, 0.25) is 0 Å². The molecule has 4 nitrogen and oxygen atoms in total. The van der Waals surface area contributed by atoms with Crippen LogP contribution >= 0.6 is 0 Å². The molecule has 2 heterocycles. The minimum atomic E-state index is -0.406. The lowest BCUT2D eigenvalue weighted by molar-refractivity contribution is 0.00578. The molecular weight excluding hydrogens is 255 g/mol. The summed E-state index contributed by atoms with van der Waals surface area (Å²) in [5.41, 5.74) is 0.412. The molecule has 1 fully saturated rings. The van der Waals surface area contributed by atoms with Gasteiger partial charge in [-0.2, -0.15) is 0 Å². The first-order valence-corrected chi connectivity index (χ1v) is 6.68. The number of hydrogen-bond acceptors (Lipinski definition) is 4. The van der Waals surface area contributed by atoms with Gasteiger partial charge in [-0.1, -0.05) is 12.1 Å². The summed E-state index contributed by atoms with van der Waals surface area (Å²) in [7, 11) is -0.406. The predicted molar refractivity (Wildman–Crippen MR) is 78.2 cm³/mol. The molecule has 0 N–H and O–H groups in total. The summed E-state index contributed by atoms with van der Waals surface area (Å²) in [5.74, 6) is 0. The first-order valence-electron chi connectivity index (χ1n) is 6.68. The molecule has 104 valence electrons. The van der Waals surface area contributed by atoms with E-state index in [1.165, 1.54) is 6.07 Å². The second-order valence-corrected chi connectivity index (χ2v) is 6.14. The largest absolute Gasteiger partial charge is 0.494 e. The van der Waals surface area contributed by atoms with E-state index in [9.17, 15) is 4.79 Å². The van der Waals surface area contributed by atoms with Gasteiger partial charge in [0.25, 0.3) is 0 Å². The monoisotopic (exact) mass is 272 g/mol. The van der Waals surface area contributed by atoms with E-state index in [0.29, 0.717) is 5.58 Å². The van der Waals surface area contributed by atoms with Crippen molar-refractivity contribution in [2.75, 3.05) is 0 Å². The fourth-order valence-electron chi connectivity index (χ4n) is 2.22. The Morgan fingerprint density at radius 2 is 1.60 bits per heavy atom. The van der Waals surface area contributed by atoms with Crippen LogP contribution in [0.1, 0.15) is 27.7 Å². The molecule has 0 amide bonds. The van der Waals surface area contributed by atoms with Gasteiger partial charge in [-0.05, 0) is 45.3 Å². The topological polar surface area (TPSA) is 48.7 Å². The highest BCUT2D eigenvalue weighted by atomic mass is 16.7. The summed E-state index contributed by atoms with van der Waals surface area (Å²) in [6.45, 7) is 8.08. The maximum absolute atomic E-state index is 11.2. The molecule has 20 heavy (non-hydrogen) atoms. The Kier molecular flexibility index (Phi) is 2.82. The molecule has 1 aromatic carbocycles. The Labute approximate surface area is 117 Å².